The lowest BCUT2D eigenvalue weighted by molar-refractivity contribution is 0.599. The van der Waals surface area contributed by atoms with E-state index in [-0.39, 0.29) is 0 Å². The second-order valence-corrected chi connectivity index (χ2v) is 3.70. The van der Waals surface area contributed by atoms with Crippen molar-refractivity contribution in [1.29, 1.82) is 5.26 Å². The van der Waals surface area contributed by atoms with Crippen molar-refractivity contribution in [3.63, 3.8) is 0 Å². The predicted octanol–water partition coefficient (Wildman–Crippen LogP) is 2.83. The van der Waals surface area contributed by atoms with Gasteiger partial charge in [-0.05, 0) is 19.0 Å². The summed E-state index contributed by atoms with van der Waals surface area (Å²) >= 11 is 0. The highest BCUT2D eigenvalue weighted by Crippen LogP contribution is 2.20. The van der Waals surface area contributed by atoms with E-state index in [2.05, 4.69) is 17.5 Å². The molecule has 0 unspecified atom stereocenters. The molecule has 1 aromatic heterocycles. The van der Waals surface area contributed by atoms with Crippen LogP contribution in [0, 0.1) is 11.3 Å². The summed E-state index contributed by atoms with van der Waals surface area (Å²) in [5.41, 5.74) is 2.10. The van der Waals surface area contributed by atoms with Gasteiger partial charge in [0.15, 0.2) is 0 Å². The first-order valence-corrected chi connectivity index (χ1v) is 5.44. The number of fused-ring (bicyclic) bond motifs is 1. The molecule has 1 aromatic carbocycles. The summed E-state index contributed by atoms with van der Waals surface area (Å²) in [6, 6.07) is 10.1. The van der Waals surface area contributed by atoms with Gasteiger partial charge in [-0.15, -0.1) is 0 Å². The van der Waals surface area contributed by atoms with Gasteiger partial charge in [0.05, 0.1) is 12.3 Å². The number of benzene rings is 1. The minimum atomic E-state index is 0.610. The van der Waals surface area contributed by atoms with Crippen molar-refractivity contribution in [2.45, 2.75) is 19.4 Å². The zero-order valence-corrected chi connectivity index (χ0v) is 9.07. The molecule has 3 heteroatoms. The Hall–Kier alpha value is -1.79. The number of nitrogens with one attached hydrogen (secondary N) is 1. The predicted molar refractivity (Wildman–Crippen MR) is 62.8 cm³/mol. The minimum Gasteiger partial charge on any atom is -0.464 e. The monoisotopic (exact) mass is 214 g/mol. The highest BCUT2D eigenvalue weighted by atomic mass is 16.3. The summed E-state index contributed by atoms with van der Waals surface area (Å²) in [6.45, 7) is 1.66. The lowest BCUT2D eigenvalue weighted by Crippen LogP contribution is -2.14. The molecule has 16 heavy (non-hydrogen) atoms. The van der Waals surface area contributed by atoms with E-state index in [1.165, 1.54) is 5.56 Å². The van der Waals surface area contributed by atoms with Crippen LogP contribution in [0.5, 0.6) is 0 Å². The van der Waals surface area contributed by atoms with E-state index >= 15 is 0 Å². The Bertz CT molecular complexity index is 496. The molecule has 0 amide bonds. The number of furan rings is 1. The maximum absolute atomic E-state index is 8.40. The lowest BCUT2D eigenvalue weighted by Gasteiger charge is -2.00. The molecule has 0 aliphatic rings. The fourth-order valence-corrected chi connectivity index (χ4v) is 1.69. The van der Waals surface area contributed by atoms with Crippen molar-refractivity contribution in [2.24, 2.45) is 0 Å². The number of nitriles is 1. The lowest BCUT2D eigenvalue weighted by atomic mass is 10.2. The third-order valence-corrected chi connectivity index (χ3v) is 2.52. The van der Waals surface area contributed by atoms with E-state index in [9.17, 15) is 0 Å². The molecule has 2 aromatic rings. The van der Waals surface area contributed by atoms with Crippen LogP contribution >= 0.6 is 0 Å². The van der Waals surface area contributed by atoms with E-state index in [1.807, 2.05) is 18.2 Å². The van der Waals surface area contributed by atoms with E-state index in [0.29, 0.717) is 6.42 Å². The molecule has 0 radical (unpaired) electrons. The van der Waals surface area contributed by atoms with Gasteiger partial charge >= 0.3 is 0 Å². The van der Waals surface area contributed by atoms with E-state index in [1.54, 1.807) is 6.26 Å². The van der Waals surface area contributed by atoms with Gasteiger partial charge in [-0.2, -0.15) is 5.26 Å². The van der Waals surface area contributed by atoms with Gasteiger partial charge in [0.25, 0.3) is 0 Å². The van der Waals surface area contributed by atoms with Crippen LogP contribution in [0.4, 0.5) is 0 Å². The number of hydrogen-bond donors (Lipinski definition) is 1. The largest absolute Gasteiger partial charge is 0.464 e. The SMILES string of the molecule is N#CCCCNCc1coc2ccccc12. The van der Waals surface area contributed by atoms with Gasteiger partial charge in [-0.3, -0.25) is 0 Å². The third kappa shape index (κ3) is 2.41. The fourth-order valence-electron chi connectivity index (χ4n) is 1.69. The van der Waals surface area contributed by atoms with Crippen LogP contribution in [0.3, 0.4) is 0 Å². The summed E-state index contributed by atoms with van der Waals surface area (Å²) in [5, 5.41) is 12.9. The number of rotatable bonds is 5. The Labute approximate surface area is 94.7 Å². The smallest absolute Gasteiger partial charge is 0.134 e. The Kier molecular flexibility index (Phi) is 3.58. The minimum absolute atomic E-state index is 0.610. The van der Waals surface area contributed by atoms with Crippen LogP contribution in [0.1, 0.15) is 18.4 Å². The van der Waals surface area contributed by atoms with Crippen LogP contribution in [0.2, 0.25) is 0 Å². The first kappa shape index (κ1) is 10.7. The van der Waals surface area contributed by atoms with Gasteiger partial charge in [0.2, 0.25) is 0 Å². The zero-order chi connectivity index (χ0) is 11.2. The van der Waals surface area contributed by atoms with Crippen molar-refractivity contribution < 1.29 is 4.42 Å². The quantitative estimate of drug-likeness (QED) is 0.778. The number of unbranched alkanes of at least 4 members (excludes halogenated alkanes) is 1. The average Bonchev–Trinajstić information content (AvgIpc) is 2.73. The van der Waals surface area contributed by atoms with Gasteiger partial charge in [0, 0.05) is 23.9 Å². The van der Waals surface area contributed by atoms with Crippen LogP contribution in [0.15, 0.2) is 34.9 Å². The molecule has 0 bridgehead atoms. The molecular weight excluding hydrogens is 200 g/mol. The van der Waals surface area contributed by atoms with Gasteiger partial charge in [-0.1, -0.05) is 18.2 Å². The van der Waals surface area contributed by atoms with Crippen molar-refractivity contribution in [1.82, 2.24) is 5.32 Å². The Balaban J connectivity index is 1.92. The second-order valence-electron chi connectivity index (χ2n) is 3.70. The fraction of sp³-hybridized carbons (Fsp3) is 0.308. The van der Waals surface area contributed by atoms with Crippen LogP contribution < -0.4 is 5.32 Å². The zero-order valence-electron chi connectivity index (χ0n) is 9.07. The summed E-state index contributed by atoms with van der Waals surface area (Å²) < 4.78 is 5.43. The molecule has 0 saturated heterocycles. The molecule has 1 heterocycles. The number of hydrogen-bond acceptors (Lipinski definition) is 3. The molecular formula is C13H14N2O. The summed E-state index contributed by atoms with van der Waals surface area (Å²) in [5.74, 6) is 0. The maximum atomic E-state index is 8.40. The molecule has 0 saturated carbocycles. The maximum Gasteiger partial charge on any atom is 0.134 e. The average molecular weight is 214 g/mol. The topological polar surface area (TPSA) is 49.0 Å². The molecule has 1 N–H and O–H groups in total. The Morgan fingerprint density at radius 3 is 3.06 bits per heavy atom. The molecule has 0 spiro atoms. The standard InChI is InChI=1S/C13H14N2O/c14-7-3-4-8-15-9-11-10-16-13-6-2-1-5-12(11)13/h1-2,5-6,10,15H,3-4,8-9H2. The normalized spacial score (nSPS) is 10.4. The molecule has 3 nitrogen and oxygen atoms in total. The highest BCUT2D eigenvalue weighted by Gasteiger charge is 2.03. The van der Waals surface area contributed by atoms with Crippen molar-refractivity contribution in [2.75, 3.05) is 6.54 Å². The van der Waals surface area contributed by atoms with Gasteiger partial charge in [-0.25, -0.2) is 0 Å². The second kappa shape index (κ2) is 5.34. The third-order valence-electron chi connectivity index (χ3n) is 2.52. The summed E-state index contributed by atoms with van der Waals surface area (Å²) in [7, 11) is 0. The van der Waals surface area contributed by atoms with Crippen LogP contribution in [-0.2, 0) is 6.54 Å². The highest BCUT2D eigenvalue weighted by molar-refractivity contribution is 5.80. The first-order valence-electron chi connectivity index (χ1n) is 5.44. The van der Waals surface area contributed by atoms with E-state index in [4.69, 9.17) is 9.68 Å². The van der Waals surface area contributed by atoms with Gasteiger partial charge in [0.1, 0.15) is 5.58 Å². The molecule has 0 aliphatic carbocycles. The Morgan fingerprint density at radius 1 is 1.31 bits per heavy atom. The van der Waals surface area contributed by atoms with Crippen LogP contribution in [0.25, 0.3) is 11.0 Å². The number of nitrogens with zero attached hydrogens (tertiary/aromatic N) is 1. The molecule has 2 rings (SSSR count). The van der Waals surface area contributed by atoms with Crippen LogP contribution in [-0.4, -0.2) is 6.54 Å². The molecule has 0 aliphatic heterocycles. The summed E-state index contributed by atoms with van der Waals surface area (Å²) in [4.78, 5) is 0. The first-order chi connectivity index (χ1) is 7.92. The molecule has 0 fully saturated rings. The molecule has 82 valence electrons. The number of para-hydroxylation sites is 1. The molecule has 0 atom stereocenters. The van der Waals surface area contributed by atoms with Crippen molar-refractivity contribution in [3.8, 4) is 6.07 Å². The van der Waals surface area contributed by atoms with Gasteiger partial charge < -0.3 is 9.73 Å². The van der Waals surface area contributed by atoms with E-state index in [0.717, 1.165) is 30.5 Å². The van der Waals surface area contributed by atoms with E-state index < -0.39 is 0 Å². The van der Waals surface area contributed by atoms with Crippen molar-refractivity contribution in [3.05, 3.63) is 36.1 Å². The summed E-state index contributed by atoms with van der Waals surface area (Å²) in [6.07, 6.45) is 3.30. The van der Waals surface area contributed by atoms with Crippen molar-refractivity contribution >= 4 is 11.0 Å². The Morgan fingerprint density at radius 2 is 2.19 bits per heavy atom.